The van der Waals surface area contributed by atoms with Crippen LogP contribution in [0.15, 0.2) is 42.6 Å². The Bertz CT molecular complexity index is 869. The summed E-state index contributed by atoms with van der Waals surface area (Å²) < 4.78 is 12.2. The van der Waals surface area contributed by atoms with E-state index in [0.717, 1.165) is 5.56 Å². The molecular weight excluding hydrogens is 272 g/mol. The molecule has 4 rings (SSSR count). The Balaban J connectivity index is 1.87. The summed E-state index contributed by atoms with van der Waals surface area (Å²) in [6.07, 6.45) is 1.70. The lowest BCUT2D eigenvalue weighted by molar-refractivity contribution is 0.0689. The number of nitrogens with zero attached hydrogens (tertiary/aromatic N) is 2. The highest BCUT2D eigenvalue weighted by Gasteiger charge is 2.16. The van der Waals surface area contributed by atoms with Crippen molar-refractivity contribution in [1.82, 2.24) is 9.38 Å². The number of carbonyl (C=O) groups is 1. The summed E-state index contributed by atoms with van der Waals surface area (Å²) >= 11 is 0. The highest BCUT2D eigenvalue weighted by atomic mass is 16.7. The molecule has 1 aliphatic heterocycles. The zero-order chi connectivity index (χ0) is 14.4. The molecule has 1 aromatic carbocycles. The van der Waals surface area contributed by atoms with Gasteiger partial charge in [-0.25, -0.2) is 9.78 Å². The van der Waals surface area contributed by atoms with Crippen molar-refractivity contribution in [2.24, 2.45) is 0 Å². The third-order valence-electron chi connectivity index (χ3n) is 3.38. The van der Waals surface area contributed by atoms with Crippen molar-refractivity contribution in [3.05, 3.63) is 48.3 Å². The van der Waals surface area contributed by atoms with Crippen molar-refractivity contribution in [3.63, 3.8) is 0 Å². The number of carboxylic acid groups (broad SMARTS) is 1. The van der Waals surface area contributed by atoms with Gasteiger partial charge < -0.3 is 14.6 Å². The van der Waals surface area contributed by atoms with Gasteiger partial charge in [-0.3, -0.25) is 4.40 Å². The van der Waals surface area contributed by atoms with Crippen LogP contribution in [0.1, 0.15) is 10.5 Å². The molecule has 6 heteroatoms. The number of hydrogen-bond acceptors (Lipinski definition) is 4. The van der Waals surface area contributed by atoms with E-state index in [0.29, 0.717) is 22.8 Å². The minimum atomic E-state index is -0.991. The summed E-state index contributed by atoms with van der Waals surface area (Å²) in [6.45, 7) is 0.215. The Labute approximate surface area is 119 Å². The summed E-state index contributed by atoms with van der Waals surface area (Å²) in [6, 6.07) is 10.5. The van der Waals surface area contributed by atoms with Gasteiger partial charge in [-0.15, -0.1) is 0 Å². The molecule has 0 amide bonds. The van der Waals surface area contributed by atoms with E-state index in [2.05, 4.69) is 4.98 Å². The number of carboxylic acids is 1. The van der Waals surface area contributed by atoms with E-state index in [1.807, 2.05) is 18.2 Å². The van der Waals surface area contributed by atoms with Crippen molar-refractivity contribution < 1.29 is 19.4 Å². The summed E-state index contributed by atoms with van der Waals surface area (Å²) in [5.74, 6) is 0.381. The van der Waals surface area contributed by atoms with Crippen molar-refractivity contribution in [2.75, 3.05) is 6.79 Å². The first kappa shape index (κ1) is 11.8. The molecule has 21 heavy (non-hydrogen) atoms. The van der Waals surface area contributed by atoms with Gasteiger partial charge in [0.05, 0.1) is 5.69 Å². The van der Waals surface area contributed by atoms with Crippen LogP contribution in [0, 0.1) is 0 Å². The first-order valence-corrected chi connectivity index (χ1v) is 6.34. The number of benzene rings is 1. The van der Waals surface area contributed by atoms with Crippen molar-refractivity contribution >= 4 is 11.6 Å². The Morgan fingerprint density at radius 3 is 2.90 bits per heavy atom. The lowest BCUT2D eigenvalue weighted by Gasteiger charge is -1.99. The molecule has 1 aliphatic rings. The fraction of sp³-hybridized carbons (Fsp3) is 0.0667. The molecule has 2 aromatic heterocycles. The molecular formula is C15H10N2O4. The molecule has 104 valence electrons. The van der Waals surface area contributed by atoms with Crippen LogP contribution in [0.3, 0.4) is 0 Å². The van der Waals surface area contributed by atoms with Crippen LogP contribution in [0.4, 0.5) is 0 Å². The van der Waals surface area contributed by atoms with Crippen LogP contribution < -0.4 is 9.47 Å². The minimum absolute atomic E-state index is 0.173. The van der Waals surface area contributed by atoms with Gasteiger partial charge in [0.25, 0.3) is 0 Å². The second kappa shape index (κ2) is 4.24. The van der Waals surface area contributed by atoms with E-state index in [1.165, 1.54) is 0 Å². The monoisotopic (exact) mass is 282 g/mol. The lowest BCUT2D eigenvalue weighted by atomic mass is 10.1. The standard InChI is InChI=1S/C15H10N2O4/c18-15(19)11-2-1-3-14-16-10(7-17(11)14)9-4-5-12-13(6-9)21-8-20-12/h1-7H,8H2,(H,18,19). The second-order valence-electron chi connectivity index (χ2n) is 4.64. The molecule has 3 heterocycles. The highest BCUT2D eigenvalue weighted by molar-refractivity contribution is 5.87. The highest BCUT2D eigenvalue weighted by Crippen LogP contribution is 2.35. The average Bonchev–Trinajstić information content (AvgIpc) is 3.11. The average molecular weight is 282 g/mol. The number of aromatic carboxylic acids is 1. The van der Waals surface area contributed by atoms with Crippen molar-refractivity contribution in [1.29, 1.82) is 0 Å². The van der Waals surface area contributed by atoms with E-state index >= 15 is 0 Å². The number of ether oxygens (including phenoxy) is 2. The van der Waals surface area contributed by atoms with Crippen molar-refractivity contribution in [3.8, 4) is 22.8 Å². The van der Waals surface area contributed by atoms with Crippen LogP contribution >= 0.6 is 0 Å². The maximum atomic E-state index is 11.2. The molecule has 0 unspecified atom stereocenters. The summed E-state index contributed by atoms with van der Waals surface area (Å²) in [7, 11) is 0. The third-order valence-corrected chi connectivity index (χ3v) is 3.38. The Hall–Kier alpha value is -3.02. The molecule has 0 radical (unpaired) electrons. The van der Waals surface area contributed by atoms with Gasteiger partial charge in [-0.05, 0) is 30.3 Å². The summed E-state index contributed by atoms with van der Waals surface area (Å²) in [4.78, 5) is 15.7. The van der Waals surface area contributed by atoms with Gasteiger partial charge in [-0.2, -0.15) is 0 Å². The normalized spacial score (nSPS) is 12.8. The molecule has 0 fully saturated rings. The topological polar surface area (TPSA) is 73.1 Å². The molecule has 0 aliphatic carbocycles. The molecule has 0 bridgehead atoms. The van der Waals surface area contributed by atoms with Gasteiger partial charge in [0.1, 0.15) is 11.3 Å². The minimum Gasteiger partial charge on any atom is -0.477 e. The van der Waals surface area contributed by atoms with E-state index in [1.54, 1.807) is 28.8 Å². The number of hydrogen-bond donors (Lipinski definition) is 1. The van der Waals surface area contributed by atoms with Crippen LogP contribution in [0.5, 0.6) is 11.5 Å². The van der Waals surface area contributed by atoms with E-state index < -0.39 is 5.97 Å². The van der Waals surface area contributed by atoms with Crippen LogP contribution in [-0.4, -0.2) is 27.3 Å². The van der Waals surface area contributed by atoms with E-state index in [4.69, 9.17) is 9.47 Å². The quantitative estimate of drug-likeness (QED) is 0.781. The van der Waals surface area contributed by atoms with E-state index in [9.17, 15) is 9.90 Å². The van der Waals surface area contributed by atoms with Crippen LogP contribution in [0.2, 0.25) is 0 Å². The number of imidazole rings is 1. The van der Waals surface area contributed by atoms with Crippen LogP contribution in [0.25, 0.3) is 16.9 Å². The molecule has 6 nitrogen and oxygen atoms in total. The van der Waals surface area contributed by atoms with Crippen molar-refractivity contribution in [2.45, 2.75) is 0 Å². The van der Waals surface area contributed by atoms with E-state index in [-0.39, 0.29) is 12.5 Å². The Morgan fingerprint density at radius 2 is 2.05 bits per heavy atom. The number of pyridine rings is 1. The third kappa shape index (κ3) is 1.80. The lowest BCUT2D eigenvalue weighted by Crippen LogP contribution is -2.03. The van der Waals surface area contributed by atoms with Gasteiger partial charge in [0, 0.05) is 11.8 Å². The molecule has 1 N–H and O–H groups in total. The first-order valence-electron chi connectivity index (χ1n) is 6.34. The molecule has 0 saturated carbocycles. The Morgan fingerprint density at radius 1 is 1.19 bits per heavy atom. The zero-order valence-corrected chi connectivity index (χ0v) is 10.8. The number of aromatic nitrogens is 2. The maximum absolute atomic E-state index is 11.2. The molecule has 0 saturated heterocycles. The SMILES string of the molecule is O=C(O)c1cccc2nc(-c3ccc4c(c3)OCO4)cn12. The Kier molecular flexibility index (Phi) is 2.38. The molecule has 3 aromatic rings. The fourth-order valence-electron chi connectivity index (χ4n) is 2.38. The second-order valence-corrected chi connectivity index (χ2v) is 4.64. The summed E-state index contributed by atoms with van der Waals surface area (Å²) in [5, 5.41) is 9.20. The largest absolute Gasteiger partial charge is 0.477 e. The van der Waals surface area contributed by atoms with Gasteiger partial charge in [0.15, 0.2) is 11.5 Å². The van der Waals surface area contributed by atoms with Gasteiger partial charge >= 0.3 is 5.97 Å². The predicted octanol–water partition coefficient (Wildman–Crippen LogP) is 2.43. The molecule has 0 atom stereocenters. The maximum Gasteiger partial charge on any atom is 0.352 e. The molecule has 0 spiro atoms. The summed E-state index contributed by atoms with van der Waals surface area (Å²) in [5.41, 5.74) is 2.29. The fourth-order valence-corrected chi connectivity index (χ4v) is 2.38. The predicted molar refractivity (Wildman–Crippen MR) is 73.7 cm³/mol. The number of fused-ring (bicyclic) bond motifs is 2. The first-order chi connectivity index (χ1) is 10.2. The van der Waals surface area contributed by atoms with Gasteiger partial charge in [-0.1, -0.05) is 6.07 Å². The van der Waals surface area contributed by atoms with Crippen LogP contribution in [-0.2, 0) is 0 Å². The smallest absolute Gasteiger partial charge is 0.352 e. The zero-order valence-electron chi connectivity index (χ0n) is 10.8. The van der Waals surface area contributed by atoms with Gasteiger partial charge in [0.2, 0.25) is 6.79 Å². The number of rotatable bonds is 2.